The van der Waals surface area contributed by atoms with Crippen molar-refractivity contribution in [1.29, 1.82) is 0 Å². The minimum absolute atomic E-state index is 0.238. The molecule has 1 heterocycles. The molecule has 0 aliphatic heterocycles. The zero-order valence-electron chi connectivity index (χ0n) is 9.69. The number of hydrogen-bond acceptors (Lipinski definition) is 5. The van der Waals surface area contributed by atoms with Gasteiger partial charge in [-0.1, -0.05) is 13.8 Å². The Labute approximate surface area is 99.6 Å². The topological polar surface area (TPSA) is 80.9 Å². The smallest absolute Gasteiger partial charge is 0.217 e. The Hall–Kier alpha value is -1.17. The Morgan fingerprint density at radius 3 is 2.81 bits per heavy atom. The highest BCUT2D eigenvalue weighted by Gasteiger charge is 2.06. The number of nitrogens with one attached hydrogen (secondary N) is 1. The van der Waals surface area contributed by atoms with E-state index in [-0.39, 0.29) is 5.91 Å². The highest BCUT2D eigenvalue weighted by Crippen LogP contribution is 2.17. The van der Waals surface area contributed by atoms with Crippen molar-refractivity contribution in [3.63, 3.8) is 0 Å². The van der Waals surface area contributed by atoms with Gasteiger partial charge in [0.1, 0.15) is 5.82 Å². The number of anilines is 1. The van der Waals surface area contributed by atoms with E-state index in [2.05, 4.69) is 28.5 Å². The monoisotopic (exact) mass is 242 g/mol. The highest BCUT2D eigenvalue weighted by molar-refractivity contribution is 7.09. The van der Waals surface area contributed by atoms with E-state index in [1.54, 1.807) is 0 Å². The Balaban J connectivity index is 2.19. The lowest BCUT2D eigenvalue weighted by Crippen LogP contribution is -2.10. The summed E-state index contributed by atoms with van der Waals surface area (Å²) in [6.07, 6.45) is 2.19. The van der Waals surface area contributed by atoms with Crippen molar-refractivity contribution in [2.24, 2.45) is 5.73 Å². The molecule has 1 aromatic heterocycles. The number of nitrogens with zero attached hydrogens (tertiary/aromatic N) is 2. The Kier molecular flexibility index (Phi) is 5.18. The lowest BCUT2D eigenvalue weighted by Gasteiger charge is -2.00. The largest absolute Gasteiger partial charge is 0.370 e. The first-order chi connectivity index (χ1) is 7.59. The molecule has 1 aromatic rings. The van der Waals surface area contributed by atoms with E-state index in [4.69, 9.17) is 5.73 Å². The predicted molar refractivity (Wildman–Crippen MR) is 65.5 cm³/mol. The fourth-order valence-corrected chi connectivity index (χ4v) is 1.89. The van der Waals surface area contributed by atoms with Crippen molar-refractivity contribution < 1.29 is 4.79 Å². The molecule has 0 unspecified atom stereocenters. The molecule has 0 saturated heterocycles. The minimum Gasteiger partial charge on any atom is -0.370 e. The number of aromatic nitrogens is 2. The van der Waals surface area contributed by atoms with Gasteiger partial charge in [0.25, 0.3) is 0 Å². The molecule has 0 radical (unpaired) electrons. The van der Waals surface area contributed by atoms with Crippen molar-refractivity contribution in [2.45, 2.75) is 39.0 Å². The van der Waals surface area contributed by atoms with Gasteiger partial charge in [-0.25, -0.2) is 4.98 Å². The molecule has 0 aromatic carbocycles. The molecule has 5 nitrogen and oxygen atoms in total. The normalized spacial score (nSPS) is 10.7. The summed E-state index contributed by atoms with van der Waals surface area (Å²) in [4.78, 5) is 14.8. The van der Waals surface area contributed by atoms with Gasteiger partial charge >= 0.3 is 0 Å². The highest BCUT2D eigenvalue weighted by atomic mass is 32.1. The third-order valence-electron chi connectivity index (χ3n) is 2.08. The Bertz CT molecular complexity index is 337. The van der Waals surface area contributed by atoms with E-state index < -0.39 is 0 Å². The third kappa shape index (κ3) is 4.57. The van der Waals surface area contributed by atoms with Gasteiger partial charge in [0.05, 0.1) is 0 Å². The van der Waals surface area contributed by atoms with Crippen LogP contribution in [0.25, 0.3) is 0 Å². The molecule has 0 atom stereocenters. The summed E-state index contributed by atoms with van der Waals surface area (Å²) in [5.74, 6) is 1.00. The summed E-state index contributed by atoms with van der Waals surface area (Å²) in [5.41, 5.74) is 5.04. The number of primary amides is 1. The first kappa shape index (κ1) is 12.9. The van der Waals surface area contributed by atoms with Gasteiger partial charge in [0, 0.05) is 30.4 Å². The van der Waals surface area contributed by atoms with Crippen LogP contribution in [0.4, 0.5) is 5.13 Å². The van der Waals surface area contributed by atoms with E-state index in [1.807, 2.05) is 0 Å². The van der Waals surface area contributed by atoms with Crippen molar-refractivity contribution in [3.8, 4) is 0 Å². The van der Waals surface area contributed by atoms with Crippen LogP contribution in [-0.4, -0.2) is 21.8 Å². The van der Waals surface area contributed by atoms with E-state index in [9.17, 15) is 4.79 Å². The van der Waals surface area contributed by atoms with Crippen LogP contribution < -0.4 is 11.1 Å². The first-order valence-electron chi connectivity index (χ1n) is 5.45. The minimum atomic E-state index is -0.238. The number of unbranched alkanes of at least 4 members (excludes halogenated alkanes) is 1. The number of carbonyl (C=O) groups is 1. The molecule has 16 heavy (non-hydrogen) atoms. The number of rotatable bonds is 7. The van der Waals surface area contributed by atoms with E-state index in [0.29, 0.717) is 12.3 Å². The molecule has 0 aliphatic rings. The van der Waals surface area contributed by atoms with Gasteiger partial charge in [-0.05, 0) is 12.8 Å². The molecule has 0 saturated carbocycles. The van der Waals surface area contributed by atoms with Crippen LogP contribution in [0.1, 0.15) is 44.9 Å². The number of hydrogen-bond donors (Lipinski definition) is 2. The fourth-order valence-electron chi connectivity index (χ4n) is 1.16. The van der Waals surface area contributed by atoms with E-state index in [1.165, 1.54) is 11.5 Å². The van der Waals surface area contributed by atoms with Gasteiger partial charge in [-0.15, -0.1) is 0 Å². The summed E-state index contributed by atoms with van der Waals surface area (Å²) in [6.45, 7) is 4.94. The summed E-state index contributed by atoms with van der Waals surface area (Å²) < 4.78 is 4.24. The van der Waals surface area contributed by atoms with Crippen molar-refractivity contribution in [3.05, 3.63) is 5.82 Å². The van der Waals surface area contributed by atoms with Crippen LogP contribution >= 0.6 is 11.5 Å². The Morgan fingerprint density at radius 2 is 2.25 bits per heavy atom. The zero-order chi connectivity index (χ0) is 12.0. The summed E-state index contributed by atoms with van der Waals surface area (Å²) in [6, 6.07) is 0. The van der Waals surface area contributed by atoms with Crippen LogP contribution in [0.15, 0.2) is 0 Å². The van der Waals surface area contributed by atoms with E-state index >= 15 is 0 Å². The van der Waals surface area contributed by atoms with Gasteiger partial charge in [0.15, 0.2) is 0 Å². The predicted octanol–water partition coefficient (Wildman–Crippen LogP) is 1.73. The van der Waals surface area contributed by atoms with Crippen LogP contribution in [0, 0.1) is 0 Å². The fraction of sp³-hybridized carbons (Fsp3) is 0.700. The molecule has 0 spiro atoms. The second kappa shape index (κ2) is 6.42. The molecule has 1 rings (SSSR count). The van der Waals surface area contributed by atoms with Crippen LogP contribution in [-0.2, 0) is 4.79 Å². The van der Waals surface area contributed by atoms with Crippen molar-refractivity contribution in [1.82, 2.24) is 9.36 Å². The molecule has 0 fully saturated rings. The number of amides is 1. The summed E-state index contributed by atoms with van der Waals surface area (Å²) in [7, 11) is 0. The quantitative estimate of drug-likeness (QED) is 0.713. The van der Waals surface area contributed by atoms with Crippen LogP contribution in [0.5, 0.6) is 0 Å². The van der Waals surface area contributed by atoms with E-state index in [0.717, 1.165) is 30.3 Å². The number of carbonyl (C=O) groups excluding carboxylic acids is 1. The lowest BCUT2D eigenvalue weighted by atomic mass is 10.2. The third-order valence-corrected chi connectivity index (χ3v) is 2.77. The maximum absolute atomic E-state index is 10.5. The summed E-state index contributed by atoms with van der Waals surface area (Å²) >= 11 is 1.38. The molecular formula is C10H18N4OS. The van der Waals surface area contributed by atoms with Gasteiger partial charge < -0.3 is 11.1 Å². The molecule has 3 N–H and O–H groups in total. The summed E-state index contributed by atoms with van der Waals surface area (Å²) in [5, 5.41) is 4.04. The van der Waals surface area contributed by atoms with Crippen molar-refractivity contribution in [2.75, 3.05) is 11.9 Å². The number of nitrogens with two attached hydrogens (primary N) is 1. The van der Waals surface area contributed by atoms with Gasteiger partial charge in [-0.2, -0.15) is 4.37 Å². The average Bonchev–Trinajstić information content (AvgIpc) is 2.65. The van der Waals surface area contributed by atoms with Gasteiger partial charge in [-0.3, -0.25) is 4.79 Å². The maximum Gasteiger partial charge on any atom is 0.217 e. The Morgan fingerprint density at radius 1 is 1.50 bits per heavy atom. The maximum atomic E-state index is 10.5. The van der Waals surface area contributed by atoms with Crippen molar-refractivity contribution >= 4 is 22.6 Å². The standard InChI is InChI=1S/C10H18N4OS/c1-7(2)9-13-10(16-14-9)12-6-4-3-5-8(11)15/h7H,3-6H2,1-2H3,(H2,11,15)(H,12,13,14). The SMILES string of the molecule is CC(C)c1nsc(NCCCCC(N)=O)n1. The average molecular weight is 242 g/mol. The molecule has 1 amide bonds. The molecule has 90 valence electrons. The molecular weight excluding hydrogens is 224 g/mol. The second-order valence-electron chi connectivity index (χ2n) is 3.96. The molecule has 6 heteroatoms. The van der Waals surface area contributed by atoms with Crippen LogP contribution in [0.2, 0.25) is 0 Å². The second-order valence-corrected chi connectivity index (χ2v) is 4.71. The first-order valence-corrected chi connectivity index (χ1v) is 6.22. The van der Waals surface area contributed by atoms with Crippen LogP contribution in [0.3, 0.4) is 0 Å². The molecule has 0 bridgehead atoms. The zero-order valence-corrected chi connectivity index (χ0v) is 10.5. The molecule has 0 aliphatic carbocycles. The van der Waals surface area contributed by atoms with Gasteiger partial charge in [0.2, 0.25) is 11.0 Å². The lowest BCUT2D eigenvalue weighted by molar-refractivity contribution is -0.118.